The van der Waals surface area contributed by atoms with Crippen LogP contribution in [0.5, 0.6) is 0 Å². The standard InChI is InChI=1S/C16H13N5O.ClH/c1-20-14-5-4-13(7-12(14)9-19-20)21-15(10-18-16(21)22)11-3-2-6-17-8-11;/h2-10H,1H3,(H,18,22);1H. The van der Waals surface area contributed by atoms with Crippen LogP contribution in [0.4, 0.5) is 0 Å². The molecule has 1 N–H and O–H groups in total. The highest BCUT2D eigenvalue weighted by atomic mass is 35.5. The summed E-state index contributed by atoms with van der Waals surface area (Å²) in [5, 5.41) is 5.22. The first-order valence-corrected chi connectivity index (χ1v) is 6.87. The molecule has 0 unspecified atom stereocenters. The van der Waals surface area contributed by atoms with Gasteiger partial charge in [-0.15, -0.1) is 12.4 Å². The number of nitrogens with zero attached hydrogens (tertiary/aromatic N) is 4. The molecular weight excluding hydrogens is 314 g/mol. The molecule has 6 nitrogen and oxygen atoms in total. The molecule has 0 saturated carbocycles. The predicted molar refractivity (Wildman–Crippen MR) is 91.1 cm³/mol. The van der Waals surface area contributed by atoms with Gasteiger partial charge in [0.05, 0.1) is 23.1 Å². The number of H-pyrrole nitrogens is 1. The number of fused-ring (bicyclic) bond motifs is 1. The van der Waals surface area contributed by atoms with Crippen molar-refractivity contribution in [3.05, 3.63) is 65.6 Å². The maximum Gasteiger partial charge on any atom is 0.330 e. The van der Waals surface area contributed by atoms with E-state index >= 15 is 0 Å². The Bertz CT molecular complexity index is 1020. The minimum Gasteiger partial charge on any atom is -0.312 e. The number of benzene rings is 1. The summed E-state index contributed by atoms with van der Waals surface area (Å²) in [6.45, 7) is 0. The third-order valence-electron chi connectivity index (χ3n) is 3.72. The molecule has 0 aliphatic rings. The van der Waals surface area contributed by atoms with Crippen LogP contribution in [0.3, 0.4) is 0 Å². The molecule has 116 valence electrons. The van der Waals surface area contributed by atoms with Gasteiger partial charge >= 0.3 is 5.69 Å². The largest absolute Gasteiger partial charge is 0.330 e. The molecule has 0 saturated heterocycles. The number of imidazole rings is 1. The molecule has 0 aliphatic carbocycles. The molecule has 3 aromatic heterocycles. The van der Waals surface area contributed by atoms with Crippen LogP contribution in [0.25, 0.3) is 27.8 Å². The fraction of sp³-hybridized carbons (Fsp3) is 0.0625. The Labute approximate surface area is 137 Å². The van der Waals surface area contributed by atoms with Gasteiger partial charge in [-0.05, 0) is 30.3 Å². The average Bonchev–Trinajstić information content (AvgIpc) is 3.11. The molecule has 0 atom stereocenters. The zero-order chi connectivity index (χ0) is 15.1. The topological polar surface area (TPSA) is 68.5 Å². The fourth-order valence-electron chi connectivity index (χ4n) is 2.64. The quantitative estimate of drug-likeness (QED) is 0.615. The summed E-state index contributed by atoms with van der Waals surface area (Å²) >= 11 is 0. The first-order valence-electron chi connectivity index (χ1n) is 6.87. The minimum absolute atomic E-state index is 0. The predicted octanol–water partition coefficient (Wildman–Crippen LogP) is 2.54. The highest BCUT2D eigenvalue weighted by molar-refractivity contribution is 5.85. The normalized spacial score (nSPS) is 10.7. The van der Waals surface area contributed by atoms with Gasteiger partial charge in [0.25, 0.3) is 0 Å². The maximum absolute atomic E-state index is 12.2. The lowest BCUT2D eigenvalue weighted by Gasteiger charge is -2.07. The van der Waals surface area contributed by atoms with Crippen molar-refractivity contribution in [3.63, 3.8) is 0 Å². The van der Waals surface area contributed by atoms with Crippen LogP contribution in [0, 0.1) is 0 Å². The molecule has 0 fully saturated rings. The number of halogens is 1. The van der Waals surface area contributed by atoms with Gasteiger partial charge in [-0.2, -0.15) is 5.10 Å². The van der Waals surface area contributed by atoms with Crippen molar-refractivity contribution in [3.8, 4) is 16.9 Å². The second kappa shape index (κ2) is 5.73. The molecule has 3 heterocycles. The van der Waals surface area contributed by atoms with E-state index in [0.717, 1.165) is 27.8 Å². The molecule has 0 bridgehead atoms. The van der Waals surface area contributed by atoms with Gasteiger partial charge in [0.1, 0.15) is 0 Å². The van der Waals surface area contributed by atoms with E-state index in [4.69, 9.17) is 0 Å². The first-order chi connectivity index (χ1) is 10.7. The summed E-state index contributed by atoms with van der Waals surface area (Å²) in [6.07, 6.45) is 6.94. The summed E-state index contributed by atoms with van der Waals surface area (Å²) in [5.74, 6) is 0. The lowest BCUT2D eigenvalue weighted by molar-refractivity contribution is 0.797. The highest BCUT2D eigenvalue weighted by Crippen LogP contribution is 2.22. The van der Waals surface area contributed by atoms with E-state index in [0.29, 0.717) is 0 Å². The van der Waals surface area contributed by atoms with E-state index in [9.17, 15) is 4.79 Å². The van der Waals surface area contributed by atoms with Gasteiger partial charge in [0.15, 0.2) is 0 Å². The van der Waals surface area contributed by atoms with Crippen LogP contribution in [0.1, 0.15) is 0 Å². The van der Waals surface area contributed by atoms with Gasteiger partial charge in [0, 0.05) is 36.6 Å². The van der Waals surface area contributed by atoms with Gasteiger partial charge in [-0.1, -0.05) is 0 Å². The van der Waals surface area contributed by atoms with Gasteiger partial charge < -0.3 is 4.98 Å². The molecule has 0 spiro atoms. The summed E-state index contributed by atoms with van der Waals surface area (Å²) in [5.41, 5.74) is 3.30. The van der Waals surface area contributed by atoms with Crippen molar-refractivity contribution in [1.29, 1.82) is 0 Å². The molecule has 0 radical (unpaired) electrons. The Morgan fingerprint density at radius 3 is 2.83 bits per heavy atom. The van der Waals surface area contributed by atoms with Crippen LogP contribution in [-0.2, 0) is 7.05 Å². The maximum atomic E-state index is 12.2. The number of rotatable bonds is 2. The number of hydrogen-bond acceptors (Lipinski definition) is 3. The van der Waals surface area contributed by atoms with Crippen LogP contribution in [-0.4, -0.2) is 24.3 Å². The SMILES string of the molecule is Cl.Cn1ncc2cc(-n3c(-c4cccnc4)c[nH]c3=O)ccc21. The summed E-state index contributed by atoms with van der Waals surface area (Å²) < 4.78 is 3.45. The van der Waals surface area contributed by atoms with Crippen LogP contribution >= 0.6 is 12.4 Å². The van der Waals surface area contributed by atoms with Gasteiger partial charge in [0.2, 0.25) is 0 Å². The van der Waals surface area contributed by atoms with E-state index in [1.54, 1.807) is 34.0 Å². The second-order valence-corrected chi connectivity index (χ2v) is 5.07. The molecular formula is C16H14ClN5O. The van der Waals surface area contributed by atoms with E-state index in [1.807, 2.05) is 37.4 Å². The summed E-state index contributed by atoms with van der Waals surface area (Å²) in [6, 6.07) is 9.61. The number of aryl methyl sites for hydroxylation is 1. The van der Waals surface area contributed by atoms with Crippen molar-refractivity contribution in [2.24, 2.45) is 7.05 Å². The molecule has 1 aromatic carbocycles. The van der Waals surface area contributed by atoms with Gasteiger partial charge in [-0.3, -0.25) is 14.2 Å². The number of aromatic amines is 1. The van der Waals surface area contributed by atoms with E-state index < -0.39 is 0 Å². The Morgan fingerprint density at radius 2 is 2.04 bits per heavy atom. The lowest BCUT2D eigenvalue weighted by Crippen LogP contribution is -2.15. The van der Waals surface area contributed by atoms with Crippen molar-refractivity contribution < 1.29 is 0 Å². The second-order valence-electron chi connectivity index (χ2n) is 5.07. The van der Waals surface area contributed by atoms with Crippen molar-refractivity contribution in [1.82, 2.24) is 24.3 Å². The number of hydrogen-bond donors (Lipinski definition) is 1. The van der Waals surface area contributed by atoms with Gasteiger partial charge in [-0.25, -0.2) is 4.79 Å². The Balaban J connectivity index is 0.00000156. The third kappa shape index (κ3) is 2.43. The Kier molecular flexibility index (Phi) is 3.75. The molecule has 4 rings (SSSR count). The number of aromatic nitrogens is 5. The Hall–Kier alpha value is -2.86. The molecule has 0 amide bonds. The van der Waals surface area contributed by atoms with Crippen molar-refractivity contribution >= 4 is 23.3 Å². The molecule has 23 heavy (non-hydrogen) atoms. The first kappa shape index (κ1) is 15.1. The summed E-state index contributed by atoms with van der Waals surface area (Å²) in [7, 11) is 1.89. The Morgan fingerprint density at radius 1 is 1.17 bits per heavy atom. The average molecular weight is 328 g/mol. The van der Waals surface area contributed by atoms with Crippen LogP contribution in [0.2, 0.25) is 0 Å². The van der Waals surface area contributed by atoms with Crippen LogP contribution < -0.4 is 5.69 Å². The molecule has 7 heteroatoms. The minimum atomic E-state index is -0.179. The monoisotopic (exact) mass is 327 g/mol. The molecule has 0 aliphatic heterocycles. The van der Waals surface area contributed by atoms with Crippen LogP contribution in [0.15, 0.2) is 59.9 Å². The fourth-order valence-corrected chi connectivity index (χ4v) is 2.64. The number of pyridine rings is 1. The van der Waals surface area contributed by atoms with Crippen molar-refractivity contribution in [2.45, 2.75) is 0 Å². The smallest absolute Gasteiger partial charge is 0.312 e. The van der Waals surface area contributed by atoms with E-state index in [1.165, 1.54) is 0 Å². The molecule has 4 aromatic rings. The van der Waals surface area contributed by atoms with E-state index in [2.05, 4.69) is 15.1 Å². The number of nitrogens with one attached hydrogen (secondary N) is 1. The third-order valence-corrected chi connectivity index (χ3v) is 3.72. The van der Waals surface area contributed by atoms with E-state index in [-0.39, 0.29) is 18.1 Å². The highest BCUT2D eigenvalue weighted by Gasteiger charge is 2.11. The van der Waals surface area contributed by atoms with Crippen molar-refractivity contribution in [2.75, 3.05) is 0 Å². The zero-order valence-corrected chi connectivity index (χ0v) is 13.1. The zero-order valence-electron chi connectivity index (χ0n) is 12.3. The summed E-state index contributed by atoms with van der Waals surface area (Å²) in [4.78, 5) is 19.1. The lowest BCUT2D eigenvalue weighted by atomic mass is 10.2.